The van der Waals surface area contributed by atoms with E-state index in [9.17, 15) is 9.50 Å². The molecule has 2 atom stereocenters. The molecule has 29 heavy (non-hydrogen) atoms. The largest absolute Gasteiger partial charge is 0.495 e. The normalized spacial score (nSPS) is 25.8. The molecular weight excluding hydrogens is 367 g/mol. The molecule has 4 rings (SSSR count). The van der Waals surface area contributed by atoms with Crippen LogP contribution in [0.3, 0.4) is 0 Å². The minimum Gasteiger partial charge on any atom is -0.495 e. The third-order valence-corrected chi connectivity index (χ3v) is 6.64. The summed E-state index contributed by atoms with van der Waals surface area (Å²) in [5, 5.41) is 11.5. The fraction of sp³-hybridized carbons (Fsp3) is 0.500. The lowest BCUT2D eigenvalue weighted by Crippen LogP contribution is -2.51. The lowest BCUT2D eigenvalue weighted by Gasteiger charge is -2.44. The van der Waals surface area contributed by atoms with E-state index in [1.54, 1.807) is 13.2 Å². The van der Waals surface area contributed by atoms with E-state index in [1.165, 1.54) is 12.1 Å². The van der Waals surface area contributed by atoms with Crippen molar-refractivity contribution in [2.45, 2.75) is 31.3 Å². The molecule has 0 radical (unpaired) electrons. The molecule has 1 heterocycles. The van der Waals surface area contributed by atoms with Gasteiger partial charge in [-0.2, -0.15) is 0 Å². The molecule has 4 nitrogen and oxygen atoms in total. The van der Waals surface area contributed by atoms with E-state index in [0.717, 1.165) is 69.0 Å². The van der Waals surface area contributed by atoms with Gasteiger partial charge in [0.05, 0.1) is 18.4 Å². The smallest absolute Gasteiger partial charge is 0.142 e. The van der Waals surface area contributed by atoms with Crippen LogP contribution in [0.1, 0.15) is 31.2 Å². The van der Waals surface area contributed by atoms with Gasteiger partial charge in [-0.1, -0.05) is 37.1 Å². The third kappa shape index (κ3) is 4.26. The van der Waals surface area contributed by atoms with E-state index in [0.29, 0.717) is 6.42 Å². The zero-order valence-corrected chi connectivity index (χ0v) is 17.2. The molecule has 1 saturated heterocycles. The number of ether oxygens (including phenoxy) is 1. The molecule has 5 heteroatoms. The molecule has 0 bridgehead atoms. The first-order valence-electron chi connectivity index (χ1n) is 10.7. The summed E-state index contributed by atoms with van der Waals surface area (Å²) in [4.78, 5) is 4.82. The highest BCUT2D eigenvalue weighted by Gasteiger charge is 2.41. The summed E-state index contributed by atoms with van der Waals surface area (Å²) >= 11 is 0. The molecule has 2 unspecified atom stereocenters. The van der Waals surface area contributed by atoms with Crippen LogP contribution in [-0.4, -0.2) is 49.8 Å². The number of piperazine rings is 1. The van der Waals surface area contributed by atoms with Gasteiger partial charge in [0.25, 0.3) is 0 Å². The van der Waals surface area contributed by atoms with Gasteiger partial charge in [0.2, 0.25) is 0 Å². The first kappa shape index (κ1) is 20.2. The average molecular weight is 399 g/mol. The third-order valence-electron chi connectivity index (χ3n) is 6.64. The second-order valence-electron chi connectivity index (χ2n) is 8.34. The zero-order chi connectivity index (χ0) is 20.3. The van der Waals surface area contributed by atoms with Gasteiger partial charge < -0.3 is 14.7 Å². The summed E-state index contributed by atoms with van der Waals surface area (Å²) in [5.41, 5.74) is 0.943. The average Bonchev–Trinajstić information content (AvgIpc) is 2.76. The van der Waals surface area contributed by atoms with Gasteiger partial charge in [-0.25, -0.2) is 4.39 Å². The number of hydrogen-bond donors (Lipinski definition) is 1. The van der Waals surface area contributed by atoms with Crippen molar-refractivity contribution in [2.24, 2.45) is 5.92 Å². The molecule has 156 valence electrons. The van der Waals surface area contributed by atoms with Crippen LogP contribution in [0, 0.1) is 11.7 Å². The van der Waals surface area contributed by atoms with E-state index in [1.807, 2.05) is 24.3 Å². The number of benzene rings is 2. The van der Waals surface area contributed by atoms with Crippen molar-refractivity contribution in [1.29, 1.82) is 0 Å². The van der Waals surface area contributed by atoms with Crippen LogP contribution >= 0.6 is 0 Å². The monoisotopic (exact) mass is 398 g/mol. The van der Waals surface area contributed by atoms with Crippen LogP contribution in [-0.2, 0) is 5.60 Å². The van der Waals surface area contributed by atoms with Crippen molar-refractivity contribution in [3.8, 4) is 5.75 Å². The molecule has 1 saturated carbocycles. The topological polar surface area (TPSA) is 35.9 Å². The number of anilines is 1. The second kappa shape index (κ2) is 8.72. The Balaban J connectivity index is 1.42. The van der Waals surface area contributed by atoms with E-state index < -0.39 is 5.60 Å². The first-order chi connectivity index (χ1) is 14.1. The molecule has 2 aromatic rings. The van der Waals surface area contributed by atoms with Crippen molar-refractivity contribution in [3.05, 3.63) is 59.9 Å². The van der Waals surface area contributed by atoms with Crippen LogP contribution in [0.25, 0.3) is 0 Å². The standard InChI is InChI=1S/C24H31FN2O2/c1-29-23-11-3-2-10-22(23)27-15-13-26(14-16-27)18-20-7-4-5-12-24(20,28)19-8-6-9-21(25)17-19/h2-3,6,8-11,17,20,28H,4-5,7,12-16,18H2,1H3. The Morgan fingerprint density at radius 2 is 1.86 bits per heavy atom. The van der Waals surface area contributed by atoms with Gasteiger partial charge in [-0.05, 0) is 42.7 Å². The summed E-state index contributed by atoms with van der Waals surface area (Å²) in [7, 11) is 1.71. The van der Waals surface area contributed by atoms with Gasteiger partial charge in [-0.15, -0.1) is 0 Å². The number of halogens is 1. The minimum absolute atomic E-state index is 0.135. The van der Waals surface area contributed by atoms with Crippen LogP contribution in [0.15, 0.2) is 48.5 Å². The Kier molecular flexibility index (Phi) is 6.07. The SMILES string of the molecule is COc1ccccc1N1CCN(CC2CCCCC2(O)c2cccc(F)c2)CC1. The predicted molar refractivity (Wildman–Crippen MR) is 114 cm³/mol. The van der Waals surface area contributed by atoms with E-state index in [-0.39, 0.29) is 11.7 Å². The van der Waals surface area contributed by atoms with Gasteiger partial charge in [0, 0.05) is 38.6 Å². The fourth-order valence-corrected chi connectivity index (χ4v) is 4.98. The minimum atomic E-state index is -0.930. The molecule has 2 aliphatic rings. The molecule has 0 spiro atoms. The number of para-hydroxylation sites is 2. The highest BCUT2D eigenvalue weighted by Crippen LogP contribution is 2.42. The van der Waals surface area contributed by atoms with Crippen molar-refractivity contribution in [1.82, 2.24) is 4.90 Å². The summed E-state index contributed by atoms with van der Waals surface area (Å²) < 4.78 is 19.3. The van der Waals surface area contributed by atoms with Gasteiger partial charge in [-0.3, -0.25) is 4.90 Å². The lowest BCUT2D eigenvalue weighted by atomic mass is 9.71. The Bertz CT molecular complexity index is 822. The summed E-state index contributed by atoms with van der Waals surface area (Å²) in [6, 6.07) is 14.7. The zero-order valence-electron chi connectivity index (χ0n) is 17.2. The summed E-state index contributed by atoms with van der Waals surface area (Å²) in [6.45, 7) is 4.63. The molecule has 0 amide bonds. The highest BCUT2D eigenvalue weighted by molar-refractivity contribution is 5.58. The van der Waals surface area contributed by atoms with E-state index in [4.69, 9.17) is 4.74 Å². The molecule has 2 aromatic carbocycles. The van der Waals surface area contributed by atoms with E-state index in [2.05, 4.69) is 15.9 Å². The second-order valence-corrected chi connectivity index (χ2v) is 8.34. The summed E-state index contributed by atoms with van der Waals surface area (Å²) in [6.07, 6.45) is 3.82. The number of methoxy groups -OCH3 is 1. The maximum Gasteiger partial charge on any atom is 0.142 e. The van der Waals surface area contributed by atoms with Crippen molar-refractivity contribution < 1.29 is 14.2 Å². The van der Waals surface area contributed by atoms with Gasteiger partial charge in [0.1, 0.15) is 11.6 Å². The number of aliphatic hydroxyl groups is 1. The molecule has 1 aliphatic carbocycles. The fourth-order valence-electron chi connectivity index (χ4n) is 4.98. The lowest BCUT2D eigenvalue weighted by molar-refractivity contribution is -0.0662. The van der Waals surface area contributed by atoms with Crippen molar-refractivity contribution in [3.63, 3.8) is 0 Å². The molecule has 2 fully saturated rings. The van der Waals surface area contributed by atoms with Crippen molar-refractivity contribution in [2.75, 3.05) is 44.7 Å². The Labute approximate surface area is 172 Å². The summed E-state index contributed by atoms with van der Waals surface area (Å²) in [5.74, 6) is 0.773. The van der Waals surface area contributed by atoms with Gasteiger partial charge >= 0.3 is 0 Å². The number of hydrogen-bond acceptors (Lipinski definition) is 4. The Hall–Kier alpha value is -2.11. The van der Waals surface area contributed by atoms with Crippen molar-refractivity contribution >= 4 is 5.69 Å². The maximum absolute atomic E-state index is 13.8. The molecule has 1 N–H and O–H groups in total. The van der Waals surface area contributed by atoms with Crippen LogP contribution < -0.4 is 9.64 Å². The first-order valence-corrected chi connectivity index (χ1v) is 10.7. The Morgan fingerprint density at radius 3 is 2.62 bits per heavy atom. The highest BCUT2D eigenvalue weighted by atomic mass is 19.1. The van der Waals surface area contributed by atoms with Crippen LogP contribution in [0.2, 0.25) is 0 Å². The predicted octanol–water partition coefficient (Wildman–Crippen LogP) is 4.03. The number of nitrogens with zero attached hydrogens (tertiary/aromatic N) is 2. The number of rotatable bonds is 5. The van der Waals surface area contributed by atoms with Gasteiger partial charge in [0.15, 0.2) is 0 Å². The van der Waals surface area contributed by atoms with E-state index >= 15 is 0 Å². The Morgan fingerprint density at radius 1 is 1.07 bits per heavy atom. The molecule has 1 aliphatic heterocycles. The maximum atomic E-state index is 13.8. The molecule has 0 aromatic heterocycles. The quantitative estimate of drug-likeness (QED) is 0.825. The van der Waals surface area contributed by atoms with Crippen LogP contribution in [0.5, 0.6) is 5.75 Å². The van der Waals surface area contributed by atoms with Crippen LogP contribution in [0.4, 0.5) is 10.1 Å². The molecular formula is C24H31FN2O2.